The van der Waals surface area contributed by atoms with Crippen molar-refractivity contribution in [3.63, 3.8) is 0 Å². The zero-order chi connectivity index (χ0) is 50.7. The molecule has 1 atom stereocenters. The van der Waals surface area contributed by atoms with Crippen molar-refractivity contribution in [1.29, 1.82) is 0 Å². The van der Waals surface area contributed by atoms with E-state index in [0.29, 0.717) is 19.3 Å². The molecular weight excluding hydrogens is 865 g/mol. The number of rotatable bonds is 52. The summed E-state index contributed by atoms with van der Waals surface area (Å²) < 4.78 is 16.8. The molecule has 0 N–H and O–H groups in total. The monoisotopic (exact) mass is 973 g/mol. The van der Waals surface area contributed by atoms with Crippen LogP contribution in [-0.4, -0.2) is 37.2 Å². The van der Waals surface area contributed by atoms with E-state index in [1.807, 2.05) is 0 Å². The minimum Gasteiger partial charge on any atom is -0.462 e. The Kier molecular flexibility index (Phi) is 54.9. The first-order valence-corrected chi connectivity index (χ1v) is 29.2. The minimum atomic E-state index is -0.793. The quantitative estimate of drug-likeness (QED) is 0.0262. The summed E-state index contributed by atoms with van der Waals surface area (Å²) in [4.78, 5) is 38.2. The van der Waals surface area contributed by atoms with Gasteiger partial charge in [0.15, 0.2) is 6.10 Å². The van der Waals surface area contributed by atoms with Gasteiger partial charge in [-0.2, -0.15) is 0 Å². The molecule has 0 bridgehead atoms. The zero-order valence-corrected chi connectivity index (χ0v) is 45.8. The van der Waals surface area contributed by atoms with Gasteiger partial charge in [0.25, 0.3) is 0 Å². The van der Waals surface area contributed by atoms with Crippen molar-refractivity contribution in [1.82, 2.24) is 0 Å². The van der Waals surface area contributed by atoms with Crippen LogP contribution in [0.25, 0.3) is 0 Å². The van der Waals surface area contributed by atoms with Crippen molar-refractivity contribution in [2.75, 3.05) is 13.2 Å². The number of carbonyl (C=O) groups excluding carboxylic acids is 3. The van der Waals surface area contributed by atoms with Gasteiger partial charge >= 0.3 is 17.9 Å². The molecule has 0 saturated carbocycles. The van der Waals surface area contributed by atoms with Crippen LogP contribution in [0.15, 0.2) is 97.2 Å². The van der Waals surface area contributed by atoms with Gasteiger partial charge in [-0.25, -0.2) is 0 Å². The van der Waals surface area contributed by atoms with Crippen LogP contribution in [0.5, 0.6) is 0 Å². The van der Waals surface area contributed by atoms with E-state index in [1.165, 1.54) is 89.9 Å². The Morgan fingerprint density at radius 3 is 0.929 bits per heavy atom. The Balaban J connectivity index is 4.37. The number of hydrogen-bond acceptors (Lipinski definition) is 6. The number of ether oxygens (including phenoxy) is 3. The Hall–Kier alpha value is -3.67. The normalized spacial score (nSPS) is 12.8. The molecule has 6 nitrogen and oxygen atoms in total. The lowest BCUT2D eigenvalue weighted by Crippen LogP contribution is -2.30. The smallest absolute Gasteiger partial charge is 0.306 e. The Morgan fingerprint density at radius 2 is 0.586 bits per heavy atom. The molecule has 0 spiro atoms. The molecule has 0 rings (SSSR count). The first-order valence-electron chi connectivity index (χ1n) is 29.2. The maximum absolute atomic E-state index is 12.9. The number of esters is 3. The fraction of sp³-hybridized carbons (Fsp3) is 0.703. The molecule has 0 radical (unpaired) electrons. The summed E-state index contributed by atoms with van der Waals surface area (Å²) in [6.45, 7) is 6.43. The van der Waals surface area contributed by atoms with Crippen LogP contribution in [0.3, 0.4) is 0 Å². The molecule has 0 aromatic heterocycles. The van der Waals surface area contributed by atoms with Crippen LogP contribution in [0.2, 0.25) is 0 Å². The highest BCUT2D eigenvalue weighted by Gasteiger charge is 2.19. The van der Waals surface area contributed by atoms with Crippen LogP contribution in [-0.2, 0) is 28.6 Å². The standard InChI is InChI=1S/C64H108O6/c1-4-7-10-13-16-19-22-25-27-29-30-31-32-33-34-35-37-39-42-45-48-51-54-57-63(66)69-60-61(59-68-62(65)56-53-50-47-44-41-38-24-21-18-15-12-9-6-3)70-64(67)58-55-52-49-46-43-40-36-28-26-23-20-17-14-11-8-5-2/h7,10,12,15-16,19-21,23-25,27-28,30-31,36,61H,4-6,8-9,11,13-14,17-18,22,26,29,32-35,37-60H2,1-3H3/b10-7-,15-12-,19-16-,23-20-,24-21-,27-25-,31-30-,36-28-. The average Bonchev–Trinajstić information content (AvgIpc) is 3.36. The van der Waals surface area contributed by atoms with E-state index < -0.39 is 6.10 Å². The van der Waals surface area contributed by atoms with Gasteiger partial charge in [-0.3, -0.25) is 14.4 Å². The fourth-order valence-corrected chi connectivity index (χ4v) is 7.91. The summed E-state index contributed by atoms with van der Waals surface area (Å²) in [5, 5.41) is 0. The van der Waals surface area contributed by atoms with Gasteiger partial charge in [0.2, 0.25) is 0 Å². The number of carbonyl (C=O) groups is 3. The molecule has 0 amide bonds. The molecule has 0 aliphatic heterocycles. The largest absolute Gasteiger partial charge is 0.462 e. The second-order valence-electron chi connectivity index (χ2n) is 19.2. The maximum Gasteiger partial charge on any atom is 0.306 e. The molecule has 0 fully saturated rings. The molecule has 6 heteroatoms. The Bertz CT molecular complexity index is 1400. The third-order valence-corrected chi connectivity index (χ3v) is 12.3. The second-order valence-corrected chi connectivity index (χ2v) is 19.2. The predicted molar refractivity (Wildman–Crippen MR) is 302 cm³/mol. The lowest BCUT2D eigenvalue weighted by atomic mass is 10.1. The summed E-state index contributed by atoms with van der Waals surface area (Å²) in [5.74, 6) is -0.919. The molecule has 0 aliphatic rings. The van der Waals surface area contributed by atoms with Crippen molar-refractivity contribution < 1.29 is 28.6 Å². The summed E-state index contributed by atoms with van der Waals surface area (Å²) in [7, 11) is 0. The van der Waals surface area contributed by atoms with Crippen molar-refractivity contribution in [3.05, 3.63) is 97.2 Å². The third kappa shape index (κ3) is 55.3. The highest BCUT2D eigenvalue weighted by molar-refractivity contribution is 5.71. The van der Waals surface area contributed by atoms with E-state index in [-0.39, 0.29) is 31.1 Å². The predicted octanol–water partition coefficient (Wildman–Crippen LogP) is 19.7. The van der Waals surface area contributed by atoms with Crippen molar-refractivity contribution in [2.24, 2.45) is 0 Å². The first kappa shape index (κ1) is 66.3. The van der Waals surface area contributed by atoms with E-state index in [9.17, 15) is 14.4 Å². The van der Waals surface area contributed by atoms with Gasteiger partial charge in [-0.05, 0) is 116 Å². The highest BCUT2D eigenvalue weighted by Crippen LogP contribution is 2.15. The molecule has 0 heterocycles. The number of hydrogen-bond donors (Lipinski definition) is 0. The van der Waals surface area contributed by atoms with Gasteiger partial charge in [-0.1, -0.05) is 234 Å². The molecule has 70 heavy (non-hydrogen) atoms. The highest BCUT2D eigenvalue weighted by atomic mass is 16.6. The van der Waals surface area contributed by atoms with Crippen LogP contribution in [0.4, 0.5) is 0 Å². The lowest BCUT2D eigenvalue weighted by molar-refractivity contribution is -0.167. The number of allylic oxidation sites excluding steroid dienone is 16. The van der Waals surface area contributed by atoms with E-state index in [4.69, 9.17) is 14.2 Å². The molecule has 400 valence electrons. The molecule has 1 unspecified atom stereocenters. The molecule has 0 saturated heterocycles. The first-order chi connectivity index (χ1) is 34.5. The van der Waals surface area contributed by atoms with Gasteiger partial charge < -0.3 is 14.2 Å². The molecule has 0 aromatic carbocycles. The van der Waals surface area contributed by atoms with Crippen LogP contribution in [0.1, 0.15) is 271 Å². The number of unbranched alkanes of at least 4 members (excludes halogenated alkanes) is 25. The van der Waals surface area contributed by atoms with Gasteiger partial charge in [0.05, 0.1) is 0 Å². The van der Waals surface area contributed by atoms with Gasteiger partial charge in [-0.15, -0.1) is 0 Å². The fourth-order valence-electron chi connectivity index (χ4n) is 7.91. The van der Waals surface area contributed by atoms with E-state index in [2.05, 4.69) is 118 Å². The van der Waals surface area contributed by atoms with Crippen molar-refractivity contribution in [2.45, 2.75) is 277 Å². The summed E-state index contributed by atoms with van der Waals surface area (Å²) in [5.41, 5.74) is 0. The van der Waals surface area contributed by atoms with E-state index in [1.54, 1.807) is 0 Å². The average molecular weight is 974 g/mol. The van der Waals surface area contributed by atoms with Crippen LogP contribution >= 0.6 is 0 Å². The summed E-state index contributed by atoms with van der Waals surface area (Å²) in [6.07, 6.45) is 76.8. The van der Waals surface area contributed by atoms with Gasteiger partial charge in [0, 0.05) is 19.3 Å². The van der Waals surface area contributed by atoms with Crippen molar-refractivity contribution in [3.8, 4) is 0 Å². The van der Waals surface area contributed by atoms with E-state index >= 15 is 0 Å². The Morgan fingerprint density at radius 1 is 0.300 bits per heavy atom. The Labute approximate surface area is 432 Å². The third-order valence-electron chi connectivity index (χ3n) is 12.3. The SMILES string of the molecule is CC/C=C\C/C=C\C/C=C\C/C=C\CCCCCCCCCCCCC(=O)OCC(COC(=O)CCCCCCC/C=C\C/C=C\CCC)OC(=O)CCCCCCC/C=C\C/C=C\CCCCCC. The zero-order valence-electron chi connectivity index (χ0n) is 45.8. The second kappa shape index (κ2) is 57.9. The summed E-state index contributed by atoms with van der Waals surface area (Å²) >= 11 is 0. The maximum atomic E-state index is 12.9. The van der Waals surface area contributed by atoms with Crippen molar-refractivity contribution >= 4 is 17.9 Å². The minimum absolute atomic E-state index is 0.0902. The van der Waals surface area contributed by atoms with Crippen LogP contribution in [0, 0.1) is 0 Å². The lowest BCUT2D eigenvalue weighted by Gasteiger charge is -2.18. The molecule has 0 aromatic rings. The topological polar surface area (TPSA) is 78.9 Å². The molecular formula is C64H108O6. The summed E-state index contributed by atoms with van der Waals surface area (Å²) in [6, 6.07) is 0. The van der Waals surface area contributed by atoms with Crippen LogP contribution < -0.4 is 0 Å². The molecule has 0 aliphatic carbocycles. The van der Waals surface area contributed by atoms with Gasteiger partial charge in [0.1, 0.15) is 13.2 Å². The van der Waals surface area contributed by atoms with E-state index in [0.717, 1.165) is 141 Å².